The monoisotopic (exact) mass is 606 g/mol. The Morgan fingerprint density at radius 3 is 1.80 bits per heavy atom. The third kappa shape index (κ3) is 5.59. The van der Waals surface area contributed by atoms with Crippen molar-refractivity contribution in [1.82, 2.24) is 10.2 Å². The van der Waals surface area contributed by atoms with Crippen molar-refractivity contribution in [3.05, 3.63) is 47.0 Å². The van der Waals surface area contributed by atoms with Gasteiger partial charge in [0.05, 0.1) is 28.4 Å². The maximum absolute atomic E-state index is 12.6. The van der Waals surface area contributed by atoms with Crippen LogP contribution < -0.4 is 43.2 Å². The van der Waals surface area contributed by atoms with Gasteiger partial charge in [0.1, 0.15) is 0 Å². The number of benzene rings is 3. The van der Waals surface area contributed by atoms with E-state index in [1.807, 2.05) is 12.1 Å². The molecule has 0 atom stereocenters. The number of hydrogen-bond donors (Lipinski definition) is 1. The van der Waals surface area contributed by atoms with Crippen molar-refractivity contribution in [1.29, 1.82) is 0 Å². The summed E-state index contributed by atoms with van der Waals surface area (Å²) in [6.07, 6.45) is 3.95. The van der Waals surface area contributed by atoms with Crippen LogP contribution in [0.25, 0.3) is 11.1 Å². The summed E-state index contributed by atoms with van der Waals surface area (Å²) in [6, 6.07) is 9.25. The van der Waals surface area contributed by atoms with Gasteiger partial charge >= 0.3 is 0 Å². The second-order valence-electron chi connectivity index (χ2n) is 10.8. The number of unbranched alkanes of at least 4 members (excludes halogenated alkanes) is 3. The summed E-state index contributed by atoms with van der Waals surface area (Å²) in [4.78, 5) is 15.0. The fraction of sp³-hybridized carbons (Fsp3) is 0.424. The first-order valence-electron chi connectivity index (χ1n) is 14.8. The van der Waals surface area contributed by atoms with Crippen molar-refractivity contribution in [2.24, 2.45) is 0 Å². The Labute approximate surface area is 256 Å². The van der Waals surface area contributed by atoms with Crippen LogP contribution in [-0.2, 0) is 13.1 Å². The summed E-state index contributed by atoms with van der Waals surface area (Å²) in [6.45, 7) is 3.17. The highest BCUT2D eigenvalue weighted by atomic mass is 16.7. The molecule has 11 nitrogen and oxygen atoms in total. The first kappa shape index (κ1) is 29.6. The minimum absolute atomic E-state index is 0.125. The van der Waals surface area contributed by atoms with Gasteiger partial charge in [0.25, 0.3) is 5.91 Å². The molecule has 1 amide bonds. The quantitative estimate of drug-likeness (QED) is 0.278. The molecule has 0 spiro atoms. The molecule has 0 aromatic heterocycles. The fourth-order valence-electron chi connectivity index (χ4n) is 6.07. The molecule has 0 radical (unpaired) electrons. The number of nitrogens with zero attached hydrogens (tertiary/aromatic N) is 1. The predicted molar refractivity (Wildman–Crippen MR) is 162 cm³/mol. The molecule has 3 aromatic rings. The smallest absolute Gasteiger partial charge is 0.251 e. The van der Waals surface area contributed by atoms with E-state index in [1.165, 1.54) is 0 Å². The molecule has 1 N–H and O–H groups in total. The lowest BCUT2D eigenvalue weighted by atomic mass is 9.93. The lowest BCUT2D eigenvalue weighted by Crippen LogP contribution is -2.24. The Kier molecular flexibility index (Phi) is 8.74. The maximum Gasteiger partial charge on any atom is 0.251 e. The third-order valence-electron chi connectivity index (χ3n) is 8.19. The van der Waals surface area contributed by atoms with E-state index in [1.54, 1.807) is 46.6 Å². The van der Waals surface area contributed by atoms with Gasteiger partial charge < -0.3 is 43.2 Å². The van der Waals surface area contributed by atoms with Gasteiger partial charge in [0.15, 0.2) is 34.5 Å². The second kappa shape index (κ2) is 13.0. The van der Waals surface area contributed by atoms with Gasteiger partial charge in [0, 0.05) is 36.3 Å². The third-order valence-corrected chi connectivity index (χ3v) is 8.19. The number of amides is 1. The van der Waals surface area contributed by atoms with Crippen molar-refractivity contribution in [3.8, 4) is 57.1 Å². The minimum Gasteiger partial charge on any atom is -0.493 e. The summed E-state index contributed by atoms with van der Waals surface area (Å²) in [5.74, 6) is 4.85. The molecule has 0 aliphatic carbocycles. The number of hydrogen-bond acceptors (Lipinski definition) is 10. The Morgan fingerprint density at radius 2 is 1.23 bits per heavy atom. The number of carbonyl (C=O) groups excluding carboxylic acids is 1. The van der Waals surface area contributed by atoms with E-state index in [-0.39, 0.29) is 19.5 Å². The highest BCUT2D eigenvalue weighted by Gasteiger charge is 2.36. The van der Waals surface area contributed by atoms with E-state index < -0.39 is 0 Å². The molecular formula is C33H38N2O9. The summed E-state index contributed by atoms with van der Waals surface area (Å²) >= 11 is 0. The molecule has 0 fully saturated rings. The van der Waals surface area contributed by atoms with E-state index in [2.05, 4.69) is 10.2 Å². The van der Waals surface area contributed by atoms with E-state index in [0.29, 0.717) is 71.2 Å². The van der Waals surface area contributed by atoms with E-state index in [4.69, 9.17) is 37.9 Å². The topological polar surface area (TPSA) is 106 Å². The van der Waals surface area contributed by atoms with Crippen LogP contribution in [0, 0.1) is 0 Å². The van der Waals surface area contributed by atoms with Crippen molar-refractivity contribution in [2.75, 3.05) is 55.1 Å². The van der Waals surface area contributed by atoms with Crippen LogP contribution in [0.5, 0.6) is 46.0 Å². The Bertz CT molecular complexity index is 1470. The van der Waals surface area contributed by atoms with Gasteiger partial charge in [-0.25, -0.2) is 0 Å². The highest BCUT2D eigenvalue weighted by Crippen LogP contribution is 2.57. The molecule has 44 heavy (non-hydrogen) atoms. The number of methoxy groups -OCH3 is 4. The SMILES string of the molecule is COc1ccc(C(=O)NCCCCCCN2Cc3cc(OC)c4c(c3-c3c(cc(OC)c5c3OCO5)C2)OCO4)cc1OC. The molecular weight excluding hydrogens is 568 g/mol. The first-order chi connectivity index (χ1) is 21.6. The van der Waals surface area contributed by atoms with Crippen molar-refractivity contribution in [3.63, 3.8) is 0 Å². The van der Waals surface area contributed by atoms with Gasteiger partial charge in [-0.3, -0.25) is 9.69 Å². The van der Waals surface area contributed by atoms with E-state index in [9.17, 15) is 4.79 Å². The molecule has 0 saturated carbocycles. The van der Waals surface area contributed by atoms with Crippen LogP contribution in [0.2, 0.25) is 0 Å². The number of nitrogens with one attached hydrogen (secondary N) is 1. The van der Waals surface area contributed by atoms with Crippen LogP contribution in [0.1, 0.15) is 47.2 Å². The van der Waals surface area contributed by atoms with Gasteiger partial charge in [-0.2, -0.15) is 0 Å². The first-order valence-corrected chi connectivity index (χ1v) is 14.8. The van der Waals surface area contributed by atoms with Crippen molar-refractivity contribution < 1.29 is 42.7 Å². The van der Waals surface area contributed by atoms with Gasteiger partial charge in [-0.05, 0) is 60.8 Å². The summed E-state index contributed by atoms with van der Waals surface area (Å²) in [5, 5.41) is 3.01. The normalized spacial score (nSPS) is 14.4. The standard InChI is InChI=1S/C33H38N2O9/c1-37-23-10-9-20(13-24(23)38-2)33(36)34-11-7-5-6-8-12-35-16-21-14-25(39-3)29-31(43-18-41-29)27(21)28-22(17-35)15-26(40-4)30-32(28)44-19-42-30/h9-10,13-15H,5-8,11-12,16-19H2,1-4H3,(H,34,36). The van der Waals surface area contributed by atoms with Crippen LogP contribution in [0.3, 0.4) is 0 Å². The van der Waals surface area contributed by atoms with Crippen LogP contribution in [0.15, 0.2) is 30.3 Å². The number of carbonyl (C=O) groups is 1. The number of rotatable bonds is 12. The van der Waals surface area contributed by atoms with Crippen LogP contribution >= 0.6 is 0 Å². The molecule has 3 heterocycles. The van der Waals surface area contributed by atoms with Crippen LogP contribution in [-0.4, -0.2) is 65.9 Å². The summed E-state index contributed by atoms with van der Waals surface area (Å²) in [7, 11) is 6.41. The van der Waals surface area contributed by atoms with E-state index >= 15 is 0 Å². The van der Waals surface area contributed by atoms with Crippen LogP contribution in [0.4, 0.5) is 0 Å². The number of fused-ring (bicyclic) bond motifs is 7. The number of ether oxygens (including phenoxy) is 8. The van der Waals surface area contributed by atoms with Gasteiger partial charge in [-0.15, -0.1) is 0 Å². The Balaban J connectivity index is 1.11. The zero-order valence-electron chi connectivity index (χ0n) is 25.6. The largest absolute Gasteiger partial charge is 0.493 e. The average Bonchev–Trinajstić information content (AvgIpc) is 3.71. The molecule has 0 unspecified atom stereocenters. The minimum atomic E-state index is -0.125. The van der Waals surface area contributed by atoms with Gasteiger partial charge in [0.2, 0.25) is 25.1 Å². The lowest BCUT2D eigenvalue weighted by Gasteiger charge is -2.21. The molecule has 0 bridgehead atoms. The summed E-state index contributed by atoms with van der Waals surface area (Å²) < 4.78 is 45.6. The second-order valence-corrected chi connectivity index (χ2v) is 10.8. The summed E-state index contributed by atoms with van der Waals surface area (Å²) in [5.41, 5.74) is 4.59. The maximum atomic E-state index is 12.6. The fourth-order valence-corrected chi connectivity index (χ4v) is 6.07. The van der Waals surface area contributed by atoms with Crippen molar-refractivity contribution in [2.45, 2.75) is 38.8 Å². The van der Waals surface area contributed by atoms with Gasteiger partial charge in [-0.1, -0.05) is 12.8 Å². The highest BCUT2D eigenvalue weighted by molar-refractivity contribution is 5.95. The average molecular weight is 607 g/mol. The molecule has 3 aliphatic rings. The Morgan fingerprint density at radius 1 is 0.682 bits per heavy atom. The zero-order valence-corrected chi connectivity index (χ0v) is 25.6. The Hall–Kier alpha value is -4.51. The predicted octanol–water partition coefficient (Wildman–Crippen LogP) is 5.15. The molecule has 3 aliphatic heterocycles. The molecule has 6 rings (SSSR count). The molecule has 234 valence electrons. The van der Waals surface area contributed by atoms with Crippen molar-refractivity contribution >= 4 is 5.91 Å². The molecule has 3 aromatic carbocycles. The zero-order chi connectivity index (χ0) is 30.6. The molecule has 0 saturated heterocycles. The molecule has 11 heteroatoms. The lowest BCUT2D eigenvalue weighted by molar-refractivity contribution is 0.0952. The van der Waals surface area contributed by atoms with E-state index in [0.717, 1.165) is 54.5 Å².